The second-order valence-electron chi connectivity index (χ2n) is 5.96. The summed E-state index contributed by atoms with van der Waals surface area (Å²) >= 11 is 2.78. The molecule has 0 aliphatic rings. The first-order valence-electron chi connectivity index (χ1n) is 8.20. The largest absolute Gasteiger partial charge is 0.282 e. The maximum Gasteiger partial charge on any atom is 0.272 e. The van der Waals surface area contributed by atoms with Crippen LogP contribution in [0, 0.1) is 11.6 Å². The van der Waals surface area contributed by atoms with Gasteiger partial charge in [0.15, 0.2) is 5.16 Å². The number of fused-ring (bicyclic) bond motifs is 1. The summed E-state index contributed by atoms with van der Waals surface area (Å²) in [6.45, 7) is 0.311. The summed E-state index contributed by atoms with van der Waals surface area (Å²) in [6.07, 6.45) is 0. The molecule has 0 bridgehead atoms. The van der Waals surface area contributed by atoms with Crippen LogP contribution >= 0.6 is 23.1 Å². The van der Waals surface area contributed by atoms with Crippen molar-refractivity contribution in [1.29, 1.82) is 0 Å². The molecule has 0 atom stereocenters. The van der Waals surface area contributed by atoms with E-state index in [4.69, 9.17) is 0 Å². The third-order valence-electron chi connectivity index (χ3n) is 4.07. The molecule has 2 aromatic carbocycles. The van der Waals surface area contributed by atoms with Crippen molar-refractivity contribution >= 4 is 33.3 Å². The van der Waals surface area contributed by atoms with Crippen molar-refractivity contribution in [3.05, 3.63) is 93.1 Å². The molecule has 2 heterocycles. The minimum atomic E-state index is -0.316. The van der Waals surface area contributed by atoms with Gasteiger partial charge in [-0.05, 0) is 46.8 Å². The van der Waals surface area contributed by atoms with E-state index in [1.807, 2.05) is 11.4 Å². The molecule has 2 aromatic heterocycles. The van der Waals surface area contributed by atoms with E-state index < -0.39 is 0 Å². The van der Waals surface area contributed by atoms with Crippen molar-refractivity contribution in [2.24, 2.45) is 0 Å². The Morgan fingerprint density at radius 1 is 0.926 bits per heavy atom. The molecule has 27 heavy (non-hydrogen) atoms. The number of thioether (sulfide) groups is 1. The lowest BCUT2D eigenvalue weighted by Crippen LogP contribution is -2.23. The van der Waals surface area contributed by atoms with E-state index in [0.29, 0.717) is 27.7 Å². The predicted octanol–water partition coefficient (Wildman–Crippen LogP) is 5.08. The van der Waals surface area contributed by atoms with Crippen LogP contribution in [0.1, 0.15) is 11.1 Å². The van der Waals surface area contributed by atoms with Gasteiger partial charge >= 0.3 is 0 Å². The molecule has 0 amide bonds. The van der Waals surface area contributed by atoms with Crippen molar-refractivity contribution in [3.8, 4) is 0 Å². The molecule has 7 heteroatoms. The second kappa shape index (κ2) is 7.62. The lowest BCUT2D eigenvalue weighted by Gasteiger charge is -2.12. The molecular formula is C20H14F2N2OS2. The fourth-order valence-corrected chi connectivity index (χ4v) is 4.41. The Hall–Kier alpha value is -2.51. The van der Waals surface area contributed by atoms with Gasteiger partial charge in [-0.25, -0.2) is 13.8 Å². The van der Waals surface area contributed by atoms with Gasteiger partial charge in [0.25, 0.3) is 5.56 Å². The molecule has 3 nitrogen and oxygen atoms in total. The number of halogens is 2. The third kappa shape index (κ3) is 3.94. The van der Waals surface area contributed by atoms with Gasteiger partial charge in [0.05, 0.1) is 12.1 Å². The van der Waals surface area contributed by atoms with Crippen molar-refractivity contribution in [3.63, 3.8) is 0 Å². The second-order valence-corrected chi connectivity index (χ2v) is 7.82. The summed E-state index contributed by atoms with van der Waals surface area (Å²) in [6, 6.07) is 14.2. The lowest BCUT2D eigenvalue weighted by atomic mass is 10.2. The Balaban J connectivity index is 1.69. The van der Waals surface area contributed by atoms with Gasteiger partial charge in [-0.2, -0.15) is 0 Å². The highest BCUT2D eigenvalue weighted by molar-refractivity contribution is 7.98. The molecule has 0 aliphatic carbocycles. The summed E-state index contributed by atoms with van der Waals surface area (Å²) in [5.41, 5.74) is 2.32. The highest BCUT2D eigenvalue weighted by Gasteiger charge is 2.13. The zero-order chi connectivity index (χ0) is 18.8. The highest BCUT2D eigenvalue weighted by Crippen LogP contribution is 2.24. The number of hydrogen-bond acceptors (Lipinski definition) is 4. The molecule has 0 saturated heterocycles. The zero-order valence-electron chi connectivity index (χ0n) is 14.1. The summed E-state index contributed by atoms with van der Waals surface area (Å²) in [5, 5.41) is 2.43. The number of rotatable bonds is 5. The third-order valence-corrected chi connectivity index (χ3v) is 6.01. The Morgan fingerprint density at radius 3 is 2.22 bits per heavy atom. The zero-order valence-corrected chi connectivity index (χ0v) is 15.7. The maximum absolute atomic E-state index is 13.2. The summed E-state index contributed by atoms with van der Waals surface area (Å²) in [4.78, 5) is 17.6. The van der Waals surface area contributed by atoms with Gasteiger partial charge < -0.3 is 0 Å². The Bertz CT molecular complexity index is 1140. The number of benzene rings is 2. The van der Waals surface area contributed by atoms with Crippen LogP contribution < -0.4 is 5.56 Å². The van der Waals surface area contributed by atoms with Crippen molar-refractivity contribution in [2.75, 3.05) is 0 Å². The molecule has 0 N–H and O–H groups in total. The first-order valence-corrected chi connectivity index (χ1v) is 10.1. The summed E-state index contributed by atoms with van der Waals surface area (Å²) < 4.78 is 28.5. The van der Waals surface area contributed by atoms with Crippen molar-refractivity contribution in [2.45, 2.75) is 17.5 Å². The van der Waals surface area contributed by atoms with Crippen LogP contribution in [-0.4, -0.2) is 9.55 Å². The molecule has 0 saturated carbocycles. The maximum atomic E-state index is 13.2. The lowest BCUT2D eigenvalue weighted by molar-refractivity contribution is 0.623. The first kappa shape index (κ1) is 17.9. The van der Waals surface area contributed by atoms with E-state index in [1.54, 1.807) is 28.8 Å². The molecular weight excluding hydrogens is 386 g/mol. The summed E-state index contributed by atoms with van der Waals surface area (Å²) in [7, 11) is 0. The standard InChI is InChI=1S/C20H14F2N2OS2/c21-15-5-1-13(2-6-15)11-24-19(25)18-17(9-10-26-18)23-20(24)27-12-14-3-7-16(22)8-4-14/h1-10H,11-12H2. The fraction of sp³-hybridized carbons (Fsp3) is 0.100. The first-order chi connectivity index (χ1) is 13.1. The number of aromatic nitrogens is 2. The average Bonchev–Trinajstić information content (AvgIpc) is 3.14. The van der Waals surface area contributed by atoms with E-state index in [1.165, 1.54) is 47.4 Å². The smallest absolute Gasteiger partial charge is 0.272 e. The van der Waals surface area contributed by atoms with Crippen LogP contribution in [0.15, 0.2) is 69.9 Å². The van der Waals surface area contributed by atoms with Crippen LogP contribution in [-0.2, 0) is 12.3 Å². The van der Waals surface area contributed by atoms with Gasteiger partial charge in [0.1, 0.15) is 16.3 Å². The monoisotopic (exact) mass is 400 g/mol. The van der Waals surface area contributed by atoms with Crippen LogP contribution in [0.25, 0.3) is 10.2 Å². The minimum Gasteiger partial charge on any atom is -0.282 e. The SMILES string of the molecule is O=c1c2sccc2nc(SCc2ccc(F)cc2)n1Cc1ccc(F)cc1. The van der Waals surface area contributed by atoms with Crippen LogP contribution in [0.5, 0.6) is 0 Å². The number of thiophene rings is 1. The minimum absolute atomic E-state index is 0.110. The van der Waals surface area contributed by atoms with Gasteiger partial charge in [-0.3, -0.25) is 9.36 Å². The number of nitrogens with zero attached hydrogens (tertiary/aromatic N) is 2. The Morgan fingerprint density at radius 2 is 1.56 bits per heavy atom. The fourth-order valence-electron chi connectivity index (χ4n) is 2.67. The molecule has 0 unspecified atom stereocenters. The van der Waals surface area contributed by atoms with Crippen LogP contribution in [0.3, 0.4) is 0 Å². The van der Waals surface area contributed by atoms with Gasteiger partial charge in [-0.1, -0.05) is 36.0 Å². The van der Waals surface area contributed by atoms with E-state index >= 15 is 0 Å². The summed E-state index contributed by atoms with van der Waals surface area (Å²) in [5.74, 6) is -0.0372. The average molecular weight is 400 g/mol. The van der Waals surface area contributed by atoms with Gasteiger partial charge in [0.2, 0.25) is 0 Å². The molecule has 0 fully saturated rings. The van der Waals surface area contributed by atoms with E-state index in [0.717, 1.165) is 11.1 Å². The van der Waals surface area contributed by atoms with Gasteiger partial charge in [0, 0.05) is 5.75 Å². The van der Waals surface area contributed by atoms with Crippen molar-refractivity contribution in [1.82, 2.24) is 9.55 Å². The van der Waals surface area contributed by atoms with Gasteiger partial charge in [-0.15, -0.1) is 11.3 Å². The Kier molecular flexibility index (Phi) is 5.05. The molecule has 4 rings (SSSR count). The van der Waals surface area contributed by atoms with Crippen LogP contribution in [0.4, 0.5) is 8.78 Å². The predicted molar refractivity (Wildman–Crippen MR) is 105 cm³/mol. The van der Waals surface area contributed by atoms with Crippen molar-refractivity contribution < 1.29 is 8.78 Å². The van der Waals surface area contributed by atoms with Crippen LogP contribution in [0.2, 0.25) is 0 Å². The molecule has 4 aromatic rings. The number of hydrogen-bond donors (Lipinski definition) is 0. The molecule has 136 valence electrons. The topological polar surface area (TPSA) is 34.9 Å². The van der Waals surface area contributed by atoms with E-state index in [9.17, 15) is 13.6 Å². The Labute approximate surface area is 162 Å². The quantitative estimate of drug-likeness (QED) is 0.346. The van der Waals surface area contributed by atoms with E-state index in [2.05, 4.69) is 4.98 Å². The highest BCUT2D eigenvalue weighted by atomic mass is 32.2. The molecule has 0 spiro atoms. The molecule has 0 radical (unpaired) electrons. The van der Waals surface area contributed by atoms with E-state index in [-0.39, 0.29) is 17.2 Å². The normalized spacial score (nSPS) is 11.2. The molecule has 0 aliphatic heterocycles.